The van der Waals surface area contributed by atoms with E-state index in [0.717, 1.165) is 51.9 Å². The fraction of sp³-hybridized carbons (Fsp3) is 0.385. The highest BCUT2D eigenvalue weighted by Gasteiger charge is 2.19. The van der Waals surface area contributed by atoms with Gasteiger partial charge < -0.3 is 31.3 Å². The fourth-order valence-electron chi connectivity index (χ4n) is 4.51. The molecule has 3 heterocycles. The van der Waals surface area contributed by atoms with Crippen LogP contribution < -0.4 is 26.2 Å². The SMILES string of the molecule is O=C(Nc1ccc(Nc2nc(NC3CCNCC3)nc(N3CCCCC3)n2)cc1O)c1ccc(Cl)cc1. The maximum absolute atomic E-state index is 12.5. The number of aromatic nitrogens is 3. The minimum absolute atomic E-state index is 0.0781. The molecule has 0 atom stereocenters. The molecule has 2 fully saturated rings. The van der Waals surface area contributed by atoms with Gasteiger partial charge >= 0.3 is 0 Å². The highest BCUT2D eigenvalue weighted by Crippen LogP contribution is 2.29. The third-order valence-corrected chi connectivity index (χ3v) is 6.80. The summed E-state index contributed by atoms with van der Waals surface area (Å²) in [5, 5.41) is 23.9. The van der Waals surface area contributed by atoms with Gasteiger partial charge in [-0.25, -0.2) is 0 Å². The first-order valence-corrected chi connectivity index (χ1v) is 13.1. The van der Waals surface area contributed by atoms with E-state index in [0.29, 0.717) is 45.8 Å². The summed E-state index contributed by atoms with van der Waals surface area (Å²) in [6, 6.07) is 11.8. The van der Waals surface area contributed by atoms with Gasteiger partial charge in [0.2, 0.25) is 17.8 Å². The summed E-state index contributed by atoms with van der Waals surface area (Å²) in [6.45, 7) is 3.76. The van der Waals surface area contributed by atoms with Crippen molar-refractivity contribution in [1.82, 2.24) is 20.3 Å². The number of halogens is 1. The number of hydrogen-bond acceptors (Lipinski definition) is 9. The Morgan fingerprint density at radius 2 is 1.70 bits per heavy atom. The van der Waals surface area contributed by atoms with Crippen molar-refractivity contribution in [1.29, 1.82) is 0 Å². The molecule has 194 valence electrons. The first-order valence-electron chi connectivity index (χ1n) is 12.7. The Morgan fingerprint density at radius 3 is 2.43 bits per heavy atom. The van der Waals surface area contributed by atoms with E-state index >= 15 is 0 Å². The number of anilines is 5. The van der Waals surface area contributed by atoms with Gasteiger partial charge in [-0.3, -0.25) is 4.79 Å². The average Bonchev–Trinajstić information content (AvgIpc) is 2.91. The number of amides is 1. The molecular formula is C26H31ClN8O2. The van der Waals surface area contributed by atoms with Crippen LogP contribution in [0.1, 0.15) is 42.5 Å². The van der Waals surface area contributed by atoms with E-state index in [1.54, 1.807) is 36.4 Å². The van der Waals surface area contributed by atoms with E-state index in [9.17, 15) is 9.90 Å². The number of carbonyl (C=O) groups excluding carboxylic acids is 1. The Morgan fingerprint density at radius 1 is 0.973 bits per heavy atom. The molecule has 5 rings (SSSR count). The molecule has 0 unspecified atom stereocenters. The Labute approximate surface area is 220 Å². The van der Waals surface area contributed by atoms with Crippen molar-refractivity contribution in [2.45, 2.75) is 38.1 Å². The Kier molecular flexibility index (Phi) is 7.86. The summed E-state index contributed by atoms with van der Waals surface area (Å²) in [5.74, 6) is 1.16. The second-order valence-corrected chi connectivity index (χ2v) is 9.75. The largest absolute Gasteiger partial charge is 0.506 e. The van der Waals surface area contributed by atoms with E-state index in [1.165, 1.54) is 12.5 Å². The molecule has 2 aromatic carbocycles. The quantitative estimate of drug-likeness (QED) is 0.287. The van der Waals surface area contributed by atoms with Crippen LogP contribution in [0.25, 0.3) is 0 Å². The summed E-state index contributed by atoms with van der Waals surface area (Å²) in [6.07, 6.45) is 5.45. The van der Waals surface area contributed by atoms with Crippen molar-refractivity contribution < 1.29 is 9.90 Å². The lowest BCUT2D eigenvalue weighted by atomic mass is 10.1. The van der Waals surface area contributed by atoms with Crippen molar-refractivity contribution in [3.8, 4) is 5.75 Å². The Bertz CT molecular complexity index is 1230. The number of rotatable bonds is 7. The normalized spacial score (nSPS) is 16.3. The summed E-state index contributed by atoms with van der Waals surface area (Å²) >= 11 is 5.90. The maximum Gasteiger partial charge on any atom is 0.255 e. The zero-order valence-electron chi connectivity index (χ0n) is 20.5. The Balaban J connectivity index is 1.33. The standard InChI is InChI=1S/C26H31ClN8O2/c27-18-6-4-17(5-7-18)23(37)31-21-9-8-20(16-22(21)36)30-25-32-24(29-19-10-12-28-13-11-19)33-26(34-25)35-14-2-1-3-15-35/h4-9,16,19,28,36H,1-3,10-15H2,(H,31,37)(H2,29,30,32,33,34). The number of carbonyl (C=O) groups is 1. The van der Waals surface area contributed by atoms with Crippen molar-refractivity contribution in [3.63, 3.8) is 0 Å². The van der Waals surface area contributed by atoms with Gasteiger partial charge in [0.15, 0.2) is 0 Å². The maximum atomic E-state index is 12.5. The third kappa shape index (κ3) is 6.58. The predicted octanol–water partition coefficient (Wildman–Crippen LogP) is 4.38. The number of phenolic OH excluding ortho intramolecular Hbond substituents is 1. The lowest BCUT2D eigenvalue weighted by molar-refractivity contribution is 0.102. The second-order valence-electron chi connectivity index (χ2n) is 9.32. The van der Waals surface area contributed by atoms with Crippen LogP contribution >= 0.6 is 11.6 Å². The molecule has 3 aromatic rings. The molecule has 0 saturated carbocycles. The van der Waals surface area contributed by atoms with Gasteiger partial charge in [0.1, 0.15) is 5.75 Å². The number of phenols is 1. The minimum atomic E-state index is -0.343. The molecule has 10 nitrogen and oxygen atoms in total. The van der Waals surface area contributed by atoms with Gasteiger partial charge in [-0.15, -0.1) is 0 Å². The van der Waals surface area contributed by atoms with Gasteiger partial charge in [-0.05, 0) is 81.6 Å². The zero-order chi connectivity index (χ0) is 25.6. The molecule has 11 heteroatoms. The summed E-state index contributed by atoms with van der Waals surface area (Å²) < 4.78 is 0. The van der Waals surface area contributed by atoms with Crippen molar-refractivity contribution in [3.05, 3.63) is 53.1 Å². The van der Waals surface area contributed by atoms with E-state index in [4.69, 9.17) is 16.6 Å². The number of nitrogens with one attached hydrogen (secondary N) is 4. The fourth-order valence-corrected chi connectivity index (χ4v) is 4.64. The predicted molar refractivity (Wildman–Crippen MR) is 146 cm³/mol. The van der Waals surface area contributed by atoms with Crippen LogP contribution in [-0.2, 0) is 0 Å². The van der Waals surface area contributed by atoms with Crippen LogP contribution in [0, 0.1) is 0 Å². The summed E-state index contributed by atoms with van der Waals surface area (Å²) in [7, 11) is 0. The monoisotopic (exact) mass is 522 g/mol. The van der Waals surface area contributed by atoms with Crippen LogP contribution in [-0.4, -0.2) is 58.2 Å². The number of hydrogen-bond donors (Lipinski definition) is 5. The van der Waals surface area contributed by atoms with Crippen molar-refractivity contribution >= 4 is 46.7 Å². The van der Waals surface area contributed by atoms with Crippen LogP contribution in [0.3, 0.4) is 0 Å². The smallest absolute Gasteiger partial charge is 0.255 e. The van der Waals surface area contributed by atoms with Crippen LogP contribution in [0.4, 0.5) is 29.2 Å². The molecule has 1 aromatic heterocycles. The molecule has 2 aliphatic rings. The van der Waals surface area contributed by atoms with Gasteiger partial charge in [-0.2, -0.15) is 15.0 Å². The lowest BCUT2D eigenvalue weighted by Crippen LogP contribution is -2.36. The number of benzene rings is 2. The molecular weight excluding hydrogens is 492 g/mol. The van der Waals surface area contributed by atoms with Gasteiger partial charge in [-0.1, -0.05) is 11.6 Å². The van der Waals surface area contributed by atoms with Crippen molar-refractivity contribution in [2.75, 3.05) is 47.0 Å². The minimum Gasteiger partial charge on any atom is -0.506 e. The topological polar surface area (TPSA) is 127 Å². The van der Waals surface area contributed by atoms with E-state index in [2.05, 4.69) is 36.1 Å². The first-order chi connectivity index (χ1) is 18.0. The molecule has 2 saturated heterocycles. The summed E-state index contributed by atoms with van der Waals surface area (Å²) in [5.41, 5.74) is 1.32. The second kappa shape index (κ2) is 11.6. The number of nitrogens with zero attached hydrogens (tertiary/aromatic N) is 4. The zero-order valence-corrected chi connectivity index (χ0v) is 21.3. The summed E-state index contributed by atoms with van der Waals surface area (Å²) in [4.78, 5) is 28.7. The average molecular weight is 523 g/mol. The molecule has 37 heavy (non-hydrogen) atoms. The molecule has 2 aliphatic heterocycles. The first kappa shape index (κ1) is 25.0. The lowest BCUT2D eigenvalue weighted by Gasteiger charge is -2.28. The van der Waals surface area contributed by atoms with Crippen molar-refractivity contribution in [2.24, 2.45) is 0 Å². The van der Waals surface area contributed by atoms with Gasteiger partial charge in [0.05, 0.1) is 5.69 Å². The van der Waals surface area contributed by atoms with E-state index in [-0.39, 0.29) is 11.7 Å². The molecule has 0 bridgehead atoms. The highest BCUT2D eigenvalue weighted by atomic mass is 35.5. The van der Waals surface area contributed by atoms with Gasteiger partial charge in [0.25, 0.3) is 5.91 Å². The van der Waals surface area contributed by atoms with Crippen LogP contribution in [0.2, 0.25) is 5.02 Å². The Hall–Kier alpha value is -3.63. The van der Waals surface area contributed by atoms with Gasteiger partial charge in [0, 0.05) is 41.5 Å². The molecule has 5 N–H and O–H groups in total. The highest BCUT2D eigenvalue weighted by molar-refractivity contribution is 6.30. The number of aromatic hydroxyl groups is 1. The number of piperidine rings is 2. The van der Waals surface area contributed by atoms with E-state index in [1.807, 2.05) is 0 Å². The molecule has 1 amide bonds. The van der Waals surface area contributed by atoms with Crippen LogP contribution in [0.15, 0.2) is 42.5 Å². The van der Waals surface area contributed by atoms with E-state index < -0.39 is 0 Å². The third-order valence-electron chi connectivity index (χ3n) is 6.54. The molecule has 0 radical (unpaired) electrons. The molecule has 0 aliphatic carbocycles. The molecule has 0 spiro atoms. The van der Waals surface area contributed by atoms with Crippen LogP contribution in [0.5, 0.6) is 5.75 Å².